The Hall–Kier alpha value is -1.94. The highest BCUT2D eigenvalue weighted by molar-refractivity contribution is 6.32. The number of benzene rings is 1. The van der Waals surface area contributed by atoms with E-state index in [0.29, 0.717) is 24.0 Å². The Balaban J connectivity index is 1.53. The monoisotopic (exact) mass is 441 g/mol. The van der Waals surface area contributed by atoms with Crippen molar-refractivity contribution in [3.63, 3.8) is 0 Å². The van der Waals surface area contributed by atoms with Gasteiger partial charge in [-0.1, -0.05) is 42.8 Å². The van der Waals surface area contributed by atoms with Gasteiger partial charge in [-0.3, -0.25) is 4.79 Å². The van der Waals surface area contributed by atoms with Crippen LogP contribution in [-0.2, 0) is 9.53 Å². The number of carbonyl (C=O) groups is 1. The summed E-state index contributed by atoms with van der Waals surface area (Å²) in [5.74, 6) is 1.91. The minimum atomic E-state index is -0.540. The highest BCUT2D eigenvalue weighted by atomic mass is 35.5. The van der Waals surface area contributed by atoms with Gasteiger partial charge in [0.2, 0.25) is 5.91 Å². The van der Waals surface area contributed by atoms with Crippen LogP contribution in [0.2, 0.25) is 5.02 Å². The summed E-state index contributed by atoms with van der Waals surface area (Å²) in [5.41, 5.74) is 0.378. The first-order chi connectivity index (χ1) is 15.0. The minimum Gasteiger partial charge on any atom is -0.495 e. The number of rotatable bonds is 5. The standard InChI is InChI=1S/C26H32ClNO3/c1-2-23(29)28-26(15-6-10-19(16-26)30-18-8-3-4-9-18)21-17-25(13-7-14-25)31-24-20(21)11-5-12-22(24)27/h5-6,10-12,15,18,21H,2-4,7-9,13-14,16-17H2,1H3,(H,28,29)/t21-,26?/m1/s1. The Kier molecular flexibility index (Phi) is 5.54. The fraction of sp³-hybridized carbons (Fsp3) is 0.577. The average molecular weight is 442 g/mol. The molecule has 2 fully saturated rings. The molecule has 2 saturated carbocycles. The second kappa shape index (κ2) is 8.20. The largest absolute Gasteiger partial charge is 0.495 e. The van der Waals surface area contributed by atoms with Crippen molar-refractivity contribution in [3.8, 4) is 5.75 Å². The molecule has 3 aliphatic carbocycles. The molecule has 1 aromatic rings. The first-order valence-corrected chi connectivity index (χ1v) is 12.2. The van der Waals surface area contributed by atoms with Gasteiger partial charge < -0.3 is 14.8 Å². The molecule has 5 heteroatoms. The molecule has 1 aromatic carbocycles. The van der Waals surface area contributed by atoms with Gasteiger partial charge in [0.25, 0.3) is 0 Å². The summed E-state index contributed by atoms with van der Waals surface area (Å²) in [6.45, 7) is 1.91. The van der Waals surface area contributed by atoms with Gasteiger partial charge >= 0.3 is 0 Å². The molecule has 0 aromatic heterocycles. The van der Waals surface area contributed by atoms with Gasteiger partial charge in [0, 0.05) is 24.3 Å². The summed E-state index contributed by atoms with van der Waals surface area (Å²) in [4.78, 5) is 12.7. The third-order valence-corrected chi connectivity index (χ3v) is 7.91. The van der Waals surface area contributed by atoms with E-state index in [-0.39, 0.29) is 17.4 Å². The van der Waals surface area contributed by atoms with Gasteiger partial charge in [-0.05, 0) is 63.5 Å². The average Bonchev–Trinajstić information content (AvgIpc) is 3.25. The lowest BCUT2D eigenvalue weighted by Gasteiger charge is -2.53. The van der Waals surface area contributed by atoms with E-state index in [2.05, 4.69) is 29.6 Å². The third kappa shape index (κ3) is 3.88. The maximum atomic E-state index is 12.7. The van der Waals surface area contributed by atoms with Crippen LogP contribution in [0.25, 0.3) is 0 Å². The zero-order valence-electron chi connectivity index (χ0n) is 18.3. The van der Waals surface area contributed by atoms with E-state index in [1.165, 1.54) is 19.3 Å². The SMILES string of the molecule is CCC(=O)NC1([C@@H]2CC3(CCC3)Oc3c(Cl)cccc32)C=CC=C(OC2CCCC2)C1. The van der Waals surface area contributed by atoms with E-state index in [4.69, 9.17) is 21.1 Å². The zero-order valence-corrected chi connectivity index (χ0v) is 19.0. The van der Waals surface area contributed by atoms with Crippen LogP contribution in [-0.4, -0.2) is 23.2 Å². The minimum absolute atomic E-state index is 0.0597. The van der Waals surface area contributed by atoms with Gasteiger partial charge in [0.15, 0.2) is 0 Å². The maximum Gasteiger partial charge on any atom is 0.220 e. The number of ether oxygens (including phenoxy) is 2. The van der Waals surface area contributed by atoms with Crippen molar-refractivity contribution >= 4 is 17.5 Å². The first-order valence-electron chi connectivity index (χ1n) is 11.9. The number of allylic oxidation sites excluding steroid dienone is 2. The summed E-state index contributed by atoms with van der Waals surface area (Å²) in [7, 11) is 0. The van der Waals surface area contributed by atoms with E-state index in [0.717, 1.165) is 49.2 Å². The molecule has 1 unspecified atom stereocenters. The predicted octanol–water partition coefficient (Wildman–Crippen LogP) is 6.20. The van der Waals surface area contributed by atoms with Gasteiger partial charge in [0.05, 0.1) is 22.4 Å². The predicted molar refractivity (Wildman–Crippen MR) is 122 cm³/mol. The molecule has 2 atom stereocenters. The summed E-state index contributed by atoms with van der Waals surface area (Å²) in [5, 5.41) is 4.06. The lowest BCUT2D eigenvalue weighted by Crippen LogP contribution is -2.57. The normalized spacial score (nSPS) is 29.0. The lowest BCUT2D eigenvalue weighted by atomic mass is 9.63. The summed E-state index contributed by atoms with van der Waals surface area (Å²) in [6.07, 6.45) is 16.6. The molecule has 1 N–H and O–H groups in total. The second-order valence-electron chi connectivity index (χ2n) is 9.69. The molecule has 1 spiro atoms. The number of amides is 1. The molecule has 0 radical (unpaired) electrons. The van der Waals surface area contributed by atoms with Crippen LogP contribution in [0.1, 0.15) is 82.6 Å². The van der Waals surface area contributed by atoms with Crippen molar-refractivity contribution in [2.75, 3.05) is 0 Å². The van der Waals surface area contributed by atoms with Gasteiger partial charge in [-0.15, -0.1) is 0 Å². The molecule has 0 bridgehead atoms. The fourth-order valence-corrected chi connectivity index (χ4v) is 6.00. The van der Waals surface area contributed by atoms with Crippen LogP contribution in [0, 0.1) is 0 Å². The number of fused-ring (bicyclic) bond motifs is 1. The molecule has 4 nitrogen and oxygen atoms in total. The van der Waals surface area contributed by atoms with Crippen LogP contribution in [0.4, 0.5) is 0 Å². The van der Waals surface area contributed by atoms with E-state index in [1.807, 2.05) is 19.1 Å². The third-order valence-electron chi connectivity index (χ3n) is 7.61. The van der Waals surface area contributed by atoms with Crippen molar-refractivity contribution in [3.05, 3.63) is 52.8 Å². The molecule has 5 rings (SSSR count). The number of nitrogens with one attached hydrogen (secondary N) is 1. The van der Waals surface area contributed by atoms with Gasteiger partial charge in [-0.2, -0.15) is 0 Å². The Morgan fingerprint density at radius 3 is 2.77 bits per heavy atom. The van der Waals surface area contributed by atoms with Crippen molar-refractivity contribution < 1.29 is 14.3 Å². The smallest absolute Gasteiger partial charge is 0.220 e. The van der Waals surface area contributed by atoms with Crippen molar-refractivity contribution in [2.24, 2.45) is 0 Å². The molecular formula is C26H32ClNO3. The van der Waals surface area contributed by atoms with Crippen LogP contribution in [0.3, 0.4) is 0 Å². The fourth-order valence-electron chi connectivity index (χ4n) is 5.78. The zero-order chi connectivity index (χ0) is 21.5. The summed E-state index contributed by atoms with van der Waals surface area (Å²) >= 11 is 6.61. The van der Waals surface area contributed by atoms with Crippen molar-refractivity contribution in [2.45, 2.75) is 94.3 Å². The van der Waals surface area contributed by atoms with Gasteiger partial charge in [0.1, 0.15) is 11.4 Å². The molecule has 1 aliphatic heterocycles. The Bertz CT molecular complexity index is 913. The topological polar surface area (TPSA) is 47.6 Å². The number of carbonyl (C=O) groups excluding carboxylic acids is 1. The summed E-state index contributed by atoms with van der Waals surface area (Å²) < 4.78 is 12.9. The number of hydrogen-bond acceptors (Lipinski definition) is 3. The molecular weight excluding hydrogens is 410 g/mol. The maximum absolute atomic E-state index is 12.7. The van der Waals surface area contributed by atoms with Crippen LogP contribution in [0.15, 0.2) is 42.2 Å². The van der Waals surface area contributed by atoms with Crippen molar-refractivity contribution in [1.29, 1.82) is 0 Å². The van der Waals surface area contributed by atoms with Crippen LogP contribution in [0.5, 0.6) is 5.75 Å². The van der Waals surface area contributed by atoms with E-state index in [9.17, 15) is 4.79 Å². The molecule has 31 heavy (non-hydrogen) atoms. The first kappa shape index (κ1) is 20.9. The van der Waals surface area contributed by atoms with Crippen LogP contribution < -0.4 is 10.1 Å². The quantitative estimate of drug-likeness (QED) is 0.592. The van der Waals surface area contributed by atoms with Crippen molar-refractivity contribution in [1.82, 2.24) is 5.32 Å². The second-order valence-corrected chi connectivity index (χ2v) is 10.1. The van der Waals surface area contributed by atoms with Gasteiger partial charge in [-0.25, -0.2) is 0 Å². The number of hydrogen-bond donors (Lipinski definition) is 1. The number of halogens is 1. The molecule has 1 amide bonds. The highest BCUT2D eigenvalue weighted by Gasteiger charge is 2.53. The van der Waals surface area contributed by atoms with E-state index < -0.39 is 5.54 Å². The lowest BCUT2D eigenvalue weighted by molar-refractivity contribution is -0.123. The molecule has 1 heterocycles. The highest BCUT2D eigenvalue weighted by Crippen LogP contribution is 2.56. The molecule has 4 aliphatic rings. The molecule has 0 saturated heterocycles. The van der Waals surface area contributed by atoms with E-state index in [1.54, 1.807) is 0 Å². The molecule has 166 valence electrons. The van der Waals surface area contributed by atoms with E-state index >= 15 is 0 Å². The summed E-state index contributed by atoms with van der Waals surface area (Å²) in [6, 6.07) is 6.00. The van der Waals surface area contributed by atoms with Crippen LogP contribution >= 0.6 is 11.6 Å². The number of para-hydroxylation sites is 1. The Morgan fingerprint density at radius 2 is 2.06 bits per heavy atom. The Morgan fingerprint density at radius 1 is 1.26 bits per heavy atom. The Labute approximate surface area is 190 Å².